The molecular weight excluding hydrogens is 388 g/mol. The van der Waals surface area contributed by atoms with Crippen molar-refractivity contribution in [3.8, 4) is 0 Å². The second-order valence-electron chi connectivity index (χ2n) is 4.27. The van der Waals surface area contributed by atoms with Gasteiger partial charge in [-0.15, -0.1) is 4.99 Å². The Morgan fingerprint density at radius 1 is 1.39 bits per heavy atom. The maximum Gasteiger partial charge on any atom is 0.436 e. The molecule has 0 fully saturated rings. The summed E-state index contributed by atoms with van der Waals surface area (Å²) in [4.78, 5) is 31.5. The minimum Gasteiger partial charge on any atom is -0.450 e. The number of ether oxygens (including phenoxy) is 2. The number of rotatable bonds is 3. The molecule has 0 aromatic carbocycles. The van der Waals surface area contributed by atoms with E-state index in [2.05, 4.69) is 31.2 Å². The molecule has 0 aliphatic heterocycles. The number of carbonyl (C=O) groups excluding carboxylic acids is 2. The third-order valence-electron chi connectivity index (χ3n) is 2.67. The molecule has 0 spiro atoms. The van der Waals surface area contributed by atoms with Crippen molar-refractivity contribution in [3.05, 3.63) is 15.5 Å². The molecule has 2 amide bonds. The lowest BCUT2D eigenvalue weighted by atomic mass is 10.4. The monoisotopic (exact) mass is 402 g/mol. The summed E-state index contributed by atoms with van der Waals surface area (Å²) in [6.45, 7) is 3.88. The number of hydrogen-bond acceptors (Lipinski definition) is 6. The van der Waals surface area contributed by atoms with Crippen LogP contribution in [0.4, 0.5) is 14.6 Å². The van der Waals surface area contributed by atoms with Crippen molar-refractivity contribution in [2.45, 2.75) is 13.8 Å². The molecule has 10 heteroatoms. The Morgan fingerprint density at radius 3 is 2.74 bits per heavy atom. The standard InChI is InChI=1S/C13H15BrN4O4S/c1-4-21-12(19)16-10-9-8(7(14)6-18(9)3)15-11(23-10)17-13(20)22-5-2/h6H,4-5H2,1-3H3,(H,16,19)/b17-11-. The van der Waals surface area contributed by atoms with Crippen molar-refractivity contribution in [2.24, 2.45) is 12.0 Å². The lowest BCUT2D eigenvalue weighted by Gasteiger charge is -2.07. The summed E-state index contributed by atoms with van der Waals surface area (Å²) in [7, 11) is 1.82. The second-order valence-corrected chi connectivity index (χ2v) is 6.10. The van der Waals surface area contributed by atoms with Gasteiger partial charge in [-0.1, -0.05) is 11.3 Å². The van der Waals surface area contributed by atoms with Gasteiger partial charge in [0.15, 0.2) is 0 Å². The normalized spacial score (nSPS) is 11.6. The molecule has 23 heavy (non-hydrogen) atoms. The van der Waals surface area contributed by atoms with Crippen LogP contribution >= 0.6 is 27.3 Å². The molecule has 0 unspecified atom stereocenters. The smallest absolute Gasteiger partial charge is 0.436 e. The van der Waals surface area contributed by atoms with Crippen molar-refractivity contribution in [1.82, 2.24) is 9.55 Å². The van der Waals surface area contributed by atoms with Crippen LogP contribution in [0.2, 0.25) is 0 Å². The Balaban J connectivity index is 2.57. The SMILES string of the molecule is CCOC(=O)/N=c1/nc2c(Br)cn(C)c2c(NC(=O)OCC)s1. The predicted molar refractivity (Wildman–Crippen MR) is 89.5 cm³/mol. The highest BCUT2D eigenvalue weighted by atomic mass is 79.9. The Bertz CT molecular complexity index is 814. The average Bonchev–Trinajstić information content (AvgIpc) is 2.74. The Morgan fingerprint density at radius 2 is 2.09 bits per heavy atom. The maximum atomic E-state index is 11.7. The fourth-order valence-electron chi connectivity index (χ4n) is 1.83. The number of hydrogen-bond donors (Lipinski definition) is 1. The van der Waals surface area contributed by atoms with Crippen molar-refractivity contribution in [2.75, 3.05) is 18.5 Å². The highest BCUT2D eigenvalue weighted by Gasteiger charge is 2.15. The summed E-state index contributed by atoms with van der Waals surface area (Å²) in [6.07, 6.45) is 0.481. The van der Waals surface area contributed by atoms with Crippen LogP contribution in [0.3, 0.4) is 0 Å². The summed E-state index contributed by atoms with van der Waals surface area (Å²) < 4.78 is 12.2. The summed E-state index contributed by atoms with van der Waals surface area (Å²) in [5.74, 6) is 0. The molecule has 1 N–H and O–H groups in total. The largest absolute Gasteiger partial charge is 0.450 e. The Hall–Kier alpha value is -1.94. The topological polar surface area (TPSA) is 94.8 Å². The number of amides is 2. The zero-order valence-electron chi connectivity index (χ0n) is 12.8. The van der Waals surface area contributed by atoms with Gasteiger partial charge in [0.25, 0.3) is 0 Å². The number of nitrogens with one attached hydrogen (secondary N) is 1. The summed E-state index contributed by atoms with van der Waals surface area (Å²) >= 11 is 4.46. The minimum atomic E-state index is -0.732. The first-order valence-corrected chi connectivity index (χ1v) is 8.38. The van der Waals surface area contributed by atoms with Gasteiger partial charge >= 0.3 is 12.2 Å². The molecular formula is C13H15BrN4O4S. The molecule has 0 aliphatic rings. The second kappa shape index (κ2) is 7.55. The molecule has 0 aliphatic carbocycles. The first-order valence-electron chi connectivity index (χ1n) is 6.77. The van der Waals surface area contributed by atoms with Gasteiger partial charge in [-0.25, -0.2) is 14.6 Å². The minimum absolute atomic E-state index is 0.176. The number of halogens is 1. The van der Waals surface area contributed by atoms with Gasteiger partial charge in [-0.2, -0.15) is 0 Å². The number of carbonyl (C=O) groups is 2. The van der Waals surface area contributed by atoms with Crippen LogP contribution < -0.4 is 10.1 Å². The van der Waals surface area contributed by atoms with E-state index in [1.807, 2.05) is 7.05 Å². The summed E-state index contributed by atoms with van der Waals surface area (Å²) in [6, 6.07) is 0. The van der Waals surface area contributed by atoms with Crippen LogP contribution in [-0.4, -0.2) is 35.0 Å². The van der Waals surface area contributed by atoms with Gasteiger partial charge in [0.1, 0.15) is 16.0 Å². The van der Waals surface area contributed by atoms with Crippen LogP contribution in [0, 0.1) is 0 Å². The quantitative estimate of drug-likeness (QED) is 0.850. The molecule has 8 nitrogen and oxygen atoms in total. The molecule has 0 bridgehead atoms. The fraction of sp³-hybridized carbons (Fsp3) is 0.385. The zero-order valence-corrected chi connectivity index (χ0v) is 15.2. The summed E-state index contributed by atoms with van der Waals surface area (Å²) in [5, 5.41) is 3.13. The molecule has 124 valence electrons. The molecule has 2 aromatic rings. The van der Waals surface area contributed by atoms with Gasteiger partial charge in [0.05, 0.1) is 17.7 Å². The highest BCUT2D eigenvalue weighted by Crippen LogP contribution is 2.30. The lowest BCUT2D eigenvalue weighted by Crippen LogP contribution is -2.16. The van der Waals surface area contributed by atoms with E-state index in [-0.39, 0.29) is 18.0 Å². The van der Waals surface area contributed by atoms with Crippen LogP contribution in [0.5, 0.6) is 0 Å². The fourth-order valence-corrected chi connectivity index (χ4v) is 3.33. The van der Waals surface area contributed by atoms with E-state index in [4.69, 9.17) is 9.47 Å². The number of aromatic nitrogens is 2. The van der Waals surface area contributed by atoms with Crippen molar-refractivity contribution < 1.29 is 19.1 Å². The first kappa shape index (κ1) is 17.4. The molecule has 0 atom stereocenters. The van der Waals surface area contributed by atoms with Gasteiger partial charge in [-0.3, -0.25) is 5.32 Å². The highest BCUT2D eigenvalue weighted by molar-refractivity contribution is 9.10. The summed E-state index contributed by atoms with van der Waals surface area (Å²) in [5.41, 5.74) is 1.26. The van der Waals surface area contributed by atoms with Gasteiger partial charge in [0.2, 0.25) is 4.80 Å². The van der Waals surface area contributed by atoms with E-state index in [1.165, 1.54) is 0 Å². The van der Waals surface area contributed by atoms with Gasteiger partial charge < -0.3 is 14.0 Å². The molecule has 0 saturated heterocycles. The van der Waals surface area contributed by atoms with Gasteiger partial charge in [-0.05, 0) is 29.8 Å². The van der Waals surface area contributed by atoms with Crippen molar-refractivity contribution in [3.63, 3.8) is 0 Å². The molecule has 2 rings (SSSR count). The number of nitrogens with zero attached hydrogens (tertiary/aromatic N) is 3. The molecule has 2 heterocycles. The number of aryl methyl sites for hydroxylation is 1. The van der Waals surface area contributed by atoms with E-state index in [9.17, 15) is 9.59 Å². The molecule has 0 radical (unpaired) electrons. The van der Waals surface area contributed by atoms with E-state index in [0.717, 1.165) is 15.8 Å². The van der Waals surface area contributed by atoms with Crippen LogP contribution in [-0.2, 0) is 16.5 Å². The van der Waals surface area contributed by atoms with Crippen LogP contribution in [0.1, 0.15) is 13.8 Å². The molecule has 2 aromatic heterocycles. The van der Waals surface area contributed by atoms with Crippen LogP contribution in [0.25, 0.3) is 11.0 Å². The molecule has 0 saturated carbocycles. The third-order valence-corrected chi connectivity index (χ3v) is 4.12. The Labute approximate surface area is 144 Å². The number of anilines is 1. The van der Waals surface area contributed by atoms with Crippen molar-refractivity contribution in [1.29, 1.82) is 0 Å². The first-order chi connectivity index (χ1) is 11.0. The van der Waals surface area contributed by atoms with E-state index in [1.54, 1.807) is 24.6 Å². The van der Waals surface area contributed by atoms with Crippen LogP contribution in [0.15, 0.2) is 15.7 Å². The van der Waals surface area contributed by atoms with E-state index in [0.29, 0.717) is 16.0 Å². The van der Waals surface area contributed by atoms with Crippen molar-refractivity contribution >= 4 is 55.5 Å². The lowest BCUT2D eigenvalue weighted by molar-refractivity contribution is 0.162. The van der Waals surface area contributed by atoms with E-state index >= 15 is 0 Å². The maximum absolute atomic E-state index is 11.7. The number of fused-ring (bicyclic) bond motifs is 1. The van der Waals surface area contributed by atoms with E-state index < -0.39 is 12.2 Å². The predicted octanol–water partition coefficient (Wildman–Crippen LogP) is 3.02. The average molecular weight is 403 g/mol. The van der Waals surface area contributed by atoms with Gasteiger partial charge in [0, 0.05) is 13.2 Å². The third kappa shape index (κ3) is 4.08. The Kier molecular flexibility index (Phi) is 5.72. The zero-order chi connectivity index (χ0) is 17.0.